The summed E-state index contributed by atoms with van der Waals surface area (Å²) in [7, 11) is 0. The van der Waals surface area contributed by atoms with Crippen LogP contribution >= 0.6 is 12.2 Å². The zero-order valence-corrected chi connectivity index (χ0v) is 17.9. The number of alkyl halides is 2. The Morgan fingerprint density at radius 2 is 1.88 bits per heavy atom. The van der Waals surface area contributed by atoms with Crippen LogP contribution in [-0.4, -0.2) is 21.3 Å². The van der Waals surface area contributed by atoms with Crippen molar-refractivity contribution in [2.24, 2.45) is 0 Å². The van der Waals surface area contributed by atoms with E-state index in [1.165, 1.54) is 10.6 Å². The number of hydrogen-bond donors (Lipinski definition) is 1. The molecule has 0 radical (unpaired) electrons. The van der Waals surface area contributed by atoms with Gasteiger partial charge in [0.15, 0.2) is 21.9 Å². The second-order valence-electron chi connectivity index (χ2n) is 7.55. The van der Waals surface area contributed by atoms with Gasteiger partial charge in [-0.2, -0.15) is 0 Å². The number of nitrogens with one attached hydrogen (secondary N) is 1. The summed E-state index contributed by atoms with van der Waals surface area (Å²) in [6.45, 7) is 3.88. The fraction of sp³-hybridized carbons (Fsp3) is 0.174. The van der Waals surface area contributed by atoms with E-state index in [1.54, 1.807) is 18.2 Å². The first-order valence-corrected chi connectivity index (χ1v) is 10.2. The van der Waals surface area contributed by atoms with Crippen LogP contribution in [0.2, 0.25) is 0 Å². The Bertz CT molecular complexity index is 1510. The molecule has 0 bridgehead atoms. The number of halogens is 2. The first-order chi connectivity index (χ1) is 15.3. The number of aromatic nitrogens is 3. The molecule has 5 rings (SSSR count). The number of hydrogen-bond acceptors (Lipinski definition) is 5. The van der Waals surface area contributed by atoms with Crippen LogP contribution in [0.5, 0.6) is 11.5 Å². The lowest BCUT2D eigenvalue weighted by molar-refractivity contribution is 0.153. The van der Waals surface area contributed by atoms with E-state index in [2.05, 4.69) is 9.97 Å². The molecule has 0 fully saturated rings. The predicted octanol–water partition coefficient (Wildman–Crippen LogP) is 5.39. The standard InChI is InChI=1S/C23H17F2N3O3S/c1-11-3-4-12(2)16(7-11)28-21-19(22(29)27-23(28)32)14(20(24)25)9-15(26-21)13-5-6-17-18(8-13)31-10-30-17/h3-9,20H,10H2,1-2H3,(H,27,29,32). The van der Waals surface area contributed by atoms with Crippen LogP contribution in [0, 0.1) is 18.6 Å². The van der Waals surface area contributed by atoms with Gasteiger partial charge in [-0.1, -0.05) is 12.1 Å². The van der Waals surface area contributed by atoms with Crippen LogP contribution in [0.3, 0.4) is 0 Å². The second-order valence-corrected chi connectivity index (χ2v) is 7.94. The van der Waals surface area contributed by atoms with Gasteiger partial charge in [-0.15, -0.1) is 0 Å². The van der Waals surface area contributed by atoms with Gasteiger partial charge in [-0.3, -0.25) is 14.3 Å². The molecule has 1 N–H and O–H groups in total. The molecule has 0 spiro atoms. The highest BCUT2D eigenvalue weighted by molar-refractivity contribution is 7.71. The number of ether oxygens (including phenoxy) is 2. The number of H-pyrrole nitrogens is 1. The average Bonchev–Trinajstić information content (AvgIpc) is 3.23. The highest BCUT2D eigenvalue weighted by atomic mass is 32.1. The van der Waals surface area contributed by atoms with Gasteiger partial charge in [0, 0.05) is 11.1 Å². The van der Waals surface area contributed by atoms with Crippen molar-refractivity contribution in [3.05, 3.63) is 74.3 Å². The van der Waals surface area contributed by atoms with E-state index in [4.69, 9.17) is 21.7 Å². The quantitative estimate of drug-likeness (QED) is 0.421. The average molecular weight is 453 g/mol. The summed E-state index contributed by atoms with van der Waals surface area (Å²) >= 11 is 5.43. The largest absolute Gasteiger partial charge is 0.454 e. The SMILES string of the molecule is Cc1ccc(C)c(-n2c(=S)[nH]c(=O)c3c(C(F)F)cc(-c4ccc5c(c4)OCO5)nc32)c1. The molecule has 0 atom stereocenters. The molecule has 0 aliphatic carbocycles. The van der Waals surface area contributed by atoms with Gasteiger partial charge in [-0.25, -0.2) is 13.8 Å². The molecule has 32 heavy (non-hydrogen) atoms. The van der Waals surface area contributed by atoms with E-state index in [0.29, 0.717) is 22.7 Å². The predicted molar refractivity (Wildman–Crippen MR) is 119 cm³/mol. The van der Waals surface area contributed by atoms with E-state index in [9.17, 15) is 13.6 Å². The number of pyridine rings is 1. The maximum atomic E-state index is 14.1. The molecule has 4 aromatic rings. The summed E-state index contributed by atoms with van der Waals surface area (Å²) in [5.74, 6) is 1.07. The minimum absolute atomic E-state index is 0.0675. The third kappa shape index (κ3) is 3.25. The maximum absolute atomic E-state index is 14.1. The molecule has 1 aliphatic heterocycles. The third-order valence-electron chi connectivity index (χ3n) is 5.40. The highest BCUT2D eigenvalue weighted by Crippen LogP contribution is 2.37. The lowest BCUT2D eigenvalue weighted by Crippen LogP contribution is -2.17. The normalized spacial score (nSPS) is 12.7. The van der Waals surface area contributed by atoms with E-state index < -0.39 is 17.5 Å². The summed E-state index contributed by atoms with van der Waals surface area (Å²) in [5, 5.41) is -0.195. The van der Waals surface area contributed by atoms with Crippen LogP contribution in [0.15, 0.2) is 47.3 Å². The number of fused-ring (bicyclic) bond motifs is 2. The van der Waals surface area contributed by atoms with Gasteiger partial charge < -0.3 is 9.47 Å². The van der Waals surface area contributed by atoms with Crippen molar-refractivity contribution in [3.63, 3.8) is 0 Å². The van der Waals surface area contributed by atoms with Crippen LogP contribution in [-0.2, 0) is 0 Å². The summed E-state index contributed by atoms with van der Waals surface area (Å²) in [6, 6.07) is 12.0. The lowest BCUT2D eigenvalue weighted by Gasteiger charge is -2.16. The molecule has 3 heterocycles. The molecule has 1 aliphatic rings. The number of benzene rings is 2. The topological polar surface area (TPSA) is 69.1 Å². The van der Waals surface area contributed by atoms with Crippen LogP contribution in [0.4, 0.5) is 8.78 Å². The van der Waals surface area contributed by atoms with Crippen molar-refractivity contribution in [1.82, 2.24) is 14.5 Å². The smallest absolute Gasteiger partial charge is 0.264 e. The number of rotatable bonds is 3. The molecule has 2 aromatic heterocycles. The van der Waals surface area contributed by atoms with E-state index in [0.717, 1.165) is 11.1 Å². The number of aryl methyl sites for hydroxylation is 2. The van der Waals surface area contributed by atoms with Crippen LogP contribution < -0.4 is 15.0 Å². The van der Waals surface area contributed by atoms with Gasteiger partial charge in [-0.05, 0) is 67.5 Å². The summed E-state index contributed by atoms with van der Waals surface area (Å²) in [6.07, 6.45) is -2.89. The van der Waals surface area contributed by atoms with Crippen molar-refractivity contribution in [3.8, 4) is 28.4 Å². The first kappa shape index (κ1) is 20.3. The van der Waals surface area contributed by atoms with Gasteiger partial charge in [0.1, 0.15) is 0 Å². The lowest BCUT2D eigenvalue weighted by atomic mass is 10.1. The molecule has 0 saturated carbocycles. The van der Waals surface area contributed by atoms with Gasteiger partial charge in [0.2, 0.25) is 6.79 Å². The Morgan fingerprint density at radius 3 is 2.66 bits per heavy atom. The molecule has 2 aromatic carbocycles. The molecule has 6 nitrogen and oxygen atoms in total. The molecular formula is C23H17F2N3O3S. The Morgan fingerprint density at radius 1 is 1.09 bits per heavy atom. The van der Waals surface area contributed by atoms with Gasteiger partial charge in [0.25, 0.3) is 12.0 Å². The summed E-state index contributed by atoms with van der Waals surface area (Å²) in [4.78, 5) is 19.9. The number of aromatic amines is 1. The van der Waals surface area contributed by atoms with Gasteiger partial charge in [0.05, 0.1) is 16.8 Å². The van der Waals surface area contributed by atoms with Crippen molar-refractivity contribution in [2.45, 2.75) is 20.3 Å². The number of nitrogens with zero attached hydrogens (tertiary/aromatic N) is 2. The third-order valence-corrected chi connectivity index (χ3v) is 5.69. The summed E-state index contributed by atoms with van der Waals surface area (Å²) < 4.78 is 40.6. The minimum atomic E-state index is -2.89. The van der Waals surface area contributed by atoms with Crippen molar-refractivity contribution in [1.29, 1.82) is 0 Å². The minimum Gasteiger partial charge on any atom is -0.454 e. The molecular weight excluding hydrogens is 436 g/mol. The Kier molecular flexibility index (Phi) is 4.78. The van der Waals surface area contributed by atoms with Gasteiger partial charge >= 0.3 is 0 Å². The Balaban J connectivity index is 1.89. The monoisotopic (exact) mass is 453 g/mol. The Hall–Kier alpha value is -3.59. The van der Waals surface area contributed by atoms with Crippen LogP contribution in [0.1, 0.15) is 23.1 Å². The zero-order chi connectivity index (χ0) is 22.6. The van der Waals surface area contributed by atoms with Crippen molar-refractivity contribution >= 4 is 23.3 Å². The van der Waals surface area contributed by atoms with Crippen LogP contribution in [0.25, 0.3) is 28.0 Å². The molecule has 0 amide bonds. The van der Waals surface area contributed by atoms with Crippen molar-refractivity contribution in [2.75, 3.05) is 6.79 Å². The fourth-order valence-electron chi connectivity index (χ4n) is 3.82. The van der Waals surface area contributed by atoms with E-state index in [-0.39, 0.29) is 28.3 Å². The summed E-state index contributed by atoms with van der Waals surface area (Å²) in [5.41, 5.74) is 2.23. The zero-order valence-electron chi connectivity index (χ0n) is 17.1. The molecule has 162 valence electrons. The second kappa shape index (κ2) is 7.52. The molecule has 0 unspecified atom stereocenters. The molecule has 9 heteroatoms. The van der Waals surface area contributed by atoms with E-state index in [1.807, 2.05) is 32.0 Å². The highest BCUT2D eigenvalue weighted by Gasteiger charge is 2.22. The molecule has 0 saturated heterocycles. The first-order valence-electron chi connectivity index (χ1n) is 9.79. The Labute approximate surface area is 186 Å². The van der Waals surface area contributed by atoms with E-state index >= 15 is 0 Å². The fourth-order valence-corrected chi connectivity index (χ4v) is 4.09. The van der Waals surface area contributed by atoms with Crippen molar-refractivity contribution < 1.29 is 18.3 Å². The maximum Gasteiger partial charge on any atom is 0.264 e.